The molecule has 1 aromatic rings. The lowest BCUT2D eigenvalue weighted by atomic mass is 10.2. The van der Waals surface area contributed by atoms with Gasteiger partial charge in [-0.1, -0.05) is 0 Å². The van der Waals surface area contributed by atoms with E-state index in [1.165, 1.54) is 6.07 Å². The predicted octanol–water partition coefficient (Wildman–Crippen LogP) is 1.61. The van der Waals surface area contributed by atoms with Crippen molar-refractivity contribution in [3.8, 4) is 6.07 Å². The third-order valence-electron chi connectivity index (χ3n) is 1.70. The molecule has 0 fully saturated rings. The van der Waals surface area contributed by atoms with E-state index in [1.807, 2.05) is 6.07 Å². The number of hydrogen-bond acceptors (Lipinski definition) is 2. The number of halogens is 2. The smallest absolute Gasteiger partial charge is 0.251 e. The zero-order valence-corrected chi connectivity index (χ0v) is 7.76. The molecule has 0 heterocycles. The number of rotatable bonds is 3. The zero-order valence-electron chi connectivity index (χ0n) is 7.76. The van der Waals surface area contributed by atoms with Gasteiger partial charge in [0.1, 0.15) is 0 Å². The number of amides is 1. The van der Waals surface area contributed by atoms with Gasteiger partial charge in [-0.05, 0) is 18.2 Å². The molecule has 0 bridgehead atoms. The number of nitriles is 1. The van der Waals surface area contributed by atoms with E-state index in [0.717, 1.165) is 12.1 Å². The maximum Gasteiger partial charge on any atom is 0.251 e. The molecule has 0 radical (unpaired) electrons. The molecular formula is C10H8F2N2O. The Kier molecular flexibility index (Phi) is 3.75. The Morgan fingerprint density at radius 1 is 1.40 bits per heavy atom. The third kappa shape index (κ3) is 3.02. The van der Waals surface area contributed by atoms with Gasteiger partial charge in [-0.2, -0.15) is 5.26 Å². The molecule has 3 nitrogen and oxygen atoms in total. The molecule has 1 rings (SSSR count). The summed E-state index contributed by atoms with van der Waals surface area (Å²) in [5.74, 6) is -2.59. The lowest BCUT2D eigenvalue weighted by molar-refractivity contribution is 0.0954. The van der Waals surface area contributed by atoms with E-state index in [2.05, 4.69) is 5.32 Å². The highest BCUT2D eigenvalue weighted by Gasteiger charge is 2.08. The lowest BCUT2D eigenvalue weighted by Gasteiger charge is -2.02. The molecular weight excluding hydrogens is 202 g/mol. The lowest BCUT2D eigenvalue weighted by Crippen LogP contribution is -2.24. The van der Waals surface area contributed by atoms with Crippen molar-refractivity contribution in [3.63, 3.8) is 0 Å². The second-order valence-corrected chi connectivity index (χ2v) is 2.79. The summed E-state index contributed by atoms with van der Waals surface area (Å²) in [6, 6.07) is 4.73. The normalized spacial score (nSPS) is 9.40. The van der Waals surface area contributed by atoms with Crippen LogP contribution < -0.4 is 5.32 Å². The van der Waals surface area contributed by atoms with Crippen LogP contribution in [0.15, 0.2) is 18.2 Å². The van der Waals surface area contributed by atoms with Gasteiger partial charge in [-0.25, -0.2) is 8.78 Å². The highest BCUT2D eigenvalue weighted by molar-refractivity contribution is 5.94. The molecule has 0 aromatic heterocycles. The average molecular weight is 210 g/mol. The largest absolute Gasteiger partial charge is 0.351 e. The topological polar surface area (TPSA) is 52.9 Å². The summed E-state index contributed by atoms with van der Waals surface area (Å²) < 4.78 is 25.2. The minimum absolute atomic E-state index is 0.0341. The standard InChI is InChI=1S/C10H8F2N2O/c11-8-3-2-7(6-9(8)12)10(15)14-5-1-4-13/h2-3,6H,1,5H2,(H,14,15). The molecule has 0 saturated carbocycles. The Balaban J connectivity index is 2.67. The fraction of sp³-hybridized carbons (Fsp3) is 0.200. The fourth-order valence-corrected chi connectivity index (χ4v) is 0.971. The van der Waals surface area contributed by atoms with Gasteiger partial charge < -0.3 is 5.32 Å². The van der Waals surface area contributed by atoms with Crippen LogP contribution in [0.4, 0.5) is 8.78 Å². The minimum Gasteiger partial charge on any atom is -0.351 e. The molecule has 0 atom stereocenters. The summed E-state index contributed by atoms with van der Waals surface area (Å²) in [5, 5.41) is 10.6. The maximum atomic E-state index is 12.7. The van der Waals surface area contributed by atoms with E-state index in [4.69, 9.17) is 5.26 Å². The molecule has 0 aliphatic carbocycles. The molecule has 1 aromatic carbocycles. The van der Waals surface area contributed by atoms with Gasteiger partial charge in [0.2, 0.25) is 0 Å². The van der Waals surface area contributed by atoms with Crippen LogP contribution in [-0.2, 0) is 0 Å². The summed E-state index contributed by atoms with van der Waals surface area (Å²) in [4.78, 5) is 11.3. The number of carbonyl (C=O) groups is 1. The van der Waals surface area contributed by atoms with Gasteiger partial charge in [0.25, 0.3) is 5.91 Å². The Labute approximate surface area is 85.3 Å². The number of carbonyl (C=O) groups excluding carboxylic acids is 1. The molecule has 1 N–H and O–H groups in total. The van der Waals surface area contributed by atoms with Crippen molar-refractivity contribution >= 4 is 5.91 Å². The first kappa shape index (κ1) is 11.1. The summed E-state index contributed by atoms with van der Waals surface area (Å²) >= 11 is 0. The first-order valence-corrected chi connectivity index (χ1v) is 4.25. The number of nitrogens with one attached hydrogen (secondary N) is 1. The molecule has 0 spiro atoms. The predicted molar refractivity (Wildman–Crippen MR) is 48.9 cm³/mol. The maximum absolute atomic E-state index is 12.7. The summed E-state index contributed by atoms with van der Waals surface area (Å²) in [6.07, 6.45) is 0.176. The molecule has 5 heteroatoms. The molecule has 78 valence electrons. The molecule has 15 heavy (non-hydrogen) atoms. The Bertz CT molecular complexity index is 412. The van der Waals surface area contributed by atoms with E-state index in [-0.39, 0.29) is 18.5 Å². The molecule has 0 unspecified atom stereocenters. The molecule has 1 amide bonds. The van der Waals surface area contributed by atoms with Crippen molar-refractivity contribution in [2.24, 2.45) is 0 Å². The quantitative estimate of drug-likeness (QED) is 0.770. The third-order valence-corrected chi connectivity index (χ3v) is 1.70. The van der Waals surface area contributed by atoms with Crippen LogP contribution in [0.2, 0.25) is 0 Å². The second-order valence-electron chi connectivity index (χ2n) is 2.79. The van der Waals surface area contributed by atoms with Gasteiger partial charge in [0.15, 0.2) is 11.6 Å². The fourth-order valence-electron chi connectivity index (χ4n) is 0.971. The molecule has 0 aliphatic heterocycles. The van der Waals surface area contributed by atoms with Crippen LogP contribution in [0.1, 0.15) is 16.8 Å². The van der Waals surface area contributed by atoms with Gasteiger partial charge in [-0.15, -0.1) is 0 Å². The molecule has 0 aliphatic rings. The van der Waals surface area contributed by atoms with Crippen molar-refractivity contribution in [1.82, 2.24) is 5.32 Å². The zero-order chi connectivity index (χ0) is 11.3. The SMILES string of the molecule is N#CCCNC(=O)c1ccc(F)c(F)c1. The van der Waals surface area contributed by atoms with Gasteiger partial charge in [0, 0.05) is 12.1 Å². The van der Waals surface area contributed by atoms with E-state index in [0.29, 0.717) is 0 Å². The monoisotopic (exact) mass is 210 g/mol. The first-order valence-electron chi connectivity index (χ1n) is 4.25. The summed E-state index contributed by atoms with van der Waals surface area (Å²) in [7, 11) is 0. The first-order chi connectivity index (χ1) is 7.15. The van der Waals surface area contributed by atoms with E-state index in [9.17, 15) is 13.6 Å². The van der Waals surface area contributed by atoms with Crippen LogP contribution in [-0.4, -0.2) is 12.5 Å². The Morgan fingerprint density at radius 2 is 2.13 bits per heavy atom. The van der Waals surface area contributed by atoms with Crippen molar-refractivity contribution < 1.29 is 13.6 Å². The Morgan fingerprint density at radius 3 is 2.73 bits per heavy atom. The van der Waals surface area contributed by atoms with Crippen molar-refractivity contribution in [2.75, 3.05) is 6.54 Å². The number of benzene rings is 1. The minimum atomic E-state index is -1.07. The van der Waals surface area contributed by atoms with Crippen LogP contribution >= 0.6 is 0 Å². The summed E-state index contributed by atoms with van der Waals surface area (Å²) in [5.41, 5.74) is 0.0341. The number of hydrogen-bond donors (Lipinski definition) is 1. The van der Waals surface area contributed by atoms with E-state index < -0.39 is 17.5 Å². The average Bonchev–Trinajstić information content (AvgIpc) is 2.22. The van der Waals surface area contributed by atoms with Crippen molar-refractivity contribution in [1.29, 1.82) is 5.26 Å². The molecule has 0 saturated heterocycles. The van der Waals surface area contributed by atoms with Crippen LogP contribution in [0.5, 0.6) is 0 Å². The summed E-state index contributed by atoms with van der Waals surface area (Å²) in [6.45, 7) is 0.189. The highest BCUT2D eigenvalue weighted by Crippen LogP contribution is 2.08. The Hall–Kier alpha value is -1.96. The van der Waals surface area contributed by atoms with E-state index >= 15 is 0 Å². The van der Waals surface area contributed by atoms with Gasteiger partial charge in [-0.3, -0.25) is 4.79 Å². The highest BCUT2D eigenvalue weighted by atomic mass is 19.2. The van der Waals surface area contributed by atoms with Crippen LogP contribution in [0, 0.1) is 23.0 Å². The van der Waals surface area contributed by atoms with Crippen molar-refractivity contribution in [2.45, 2.75) is 6.42 Å². The number of nitrogens with zero attached hydrogens (tertiary/aromatic N) is 1. The van der Waals surface area contributed by atoms with Gasteiger partial charge >= 0.3 is 0 Å². The van der Waals surface area contributed by atoms with Crippen molar-refractivity contribution in [3.05, 3.63) is 35.4 Å². The van der Waals surface area contributed by atoms with E-state index in [1.54, 1.807) is 0 Å². The second kappa shape index (κ2) is 5.05. The van der Waals surface area contributed by atoms with Crippen LogP contribution in [0.3, 0.4) is 0 Å². The van der Waals surface area contributed by atoms with Gasteiger partial charge in [0.05, 0.1) is 12.5 Å². The van der Waals surface area contributed by atoms with Crippen LogP contribution in [0.25, 0.3) is 0 Å².